The molecule has 0 saturated carbocycles. The van der Waals surface area contributed by atoms with Crippen LogP contribution < -0.4 is 4.90 Å². The average Bonchev–Trinajstić information content (AvgIpc) is 3.93. The van der Waals surface area contributed by atoms with Crippen molar-refractivity contribution in [2.45, 2.75) is 0 Å². The minimum atomic E-state index is 0.900. The van der Waals surface area contributed by atoms with E-state index in [0.29, 0.717) is 0 Å². The molecular formula is C60H39NOS. The van der Waals surface area contributed by atoms with Gasteiger partial charge in [-0.15, -0.1) is 11.3 Å². The Morgan fingerprint density at radius 1 is 0.317 bits per heavy atom. The molecule has 0 fully saturated rings. The fourth-order valence-corrected chi connectivity index (χ4v) is 10.5. The molecule has 0 unspecified atom stereocenters. The maximum absolute atomic E-state index is 6.50. The maximum Gasteiger partial charge on any atom is 0.143 e. The third-order valence-corrected chi connectivity index (χ3v) is 13.5. The lowest BCUT2D eigenvalue weighted by Crippen LogP contribution is -2.12. The molecule has 0 N–H and O–H groups in total. The SMILES string of the molecule is c1ccc(-c2ccccc2-c2c(-c3ccccc3)cccc2N(c2ccc(-c3ccc4c(c3)sc3ccccc34)cc2)c2ccc(-c3cccc4c3oc3ccccc34)cc2)cc1. The largest absolute Gasteiger partial charge is 0.455 e. The monoisotopic (exact) mass is 821 g/mol. The Hall–Kier alpha value is -7.98. The van der Waals surface area contributed by atoms with Crippen LogP contribution in [0.3, 0.4) is 0 Å². The predicted octanol–water partition coefficient (Wildman–Crippen LogP) is 17.8. The molecular weight excluding hydrogens is 783 g/mol. The van der Waals surface area contributed by atoms with E-state index in [1.807, 2.05) is 23.5 Å². The molecule has 12 rings (SSSR count). The number of anilines is 3. The summed E-state index contributed by atoms with van der Waals surface area (Å²) in [6.07, 6.45) is 0. The molecule has 296 valence electrons. The molecule has 2 nitrogen and oxygen atoms in total. The highest BCUT2D eigenvalue weighted by molar-refractivity contribution is 7.25. The molecule has 3 heteroatoms. The Bertz CT molecular complexity index is 3600. The molecule has 2 aromatic heterocycles. The van der Waals surface area contributed by atoms with Crippen LogP contribution in [0.25, 0.3) is 97.7 Å². The van der Waals surface area contributed by atoms with Gasteiger partial charge in [0.1, 0.15) is 11.2 Å². The van der Waals surface area contributed by atoms with Gasteiger partial charge in [0.2, 0.25) is 0 Å². The van der Waals surface area contributed by atoms with Crippen LogP contribution in [-0.2, 0) is 0 Å². The van der Waals surface area contributed by atoms with Crippen LogP contribution in [-0.4, -0.2) is 0 Å². The van der Waals surface area contributed by atoms with E-state index >= 15 is 0 Å². The highest BCUT2D eigenvalue weighted by Gasteiger charge is 2.23. The highest BCUT2D eigenvalue weighted by atomic mass is 32.1. The van der Waals surface area contributed by atoms with E-state index in [1.165, 1.54) is 64.7 Å². The molecule has 0 radical (unpaired) electrons. The number of benzene rings is 10. The molecule has 0 aliphatic carbocycles. The van der Waals surface area contributed by atoms with Crippen molar-refractivity contribution in [3.05, 3.63) is 237 Å². The van der Waals surface area contributed by atoms with Crippen molar-refractivity contribution in [1.82, 2.24) is 0 Å². The second kappa shape index (κ2) is 15.5. The van der Waals surface area contributed by atoms with Gasteiger partial charge in [-0.25, -0.2) is 0 Å². The molecule has 2 heterocycles. The second-order valence-corrected chi connectivity index (χ2v) is 17.1. The van der Waals surface area contributed by atoms with Crippen molar-refractivity contribution in [3.8, 4) is 55.6 Å². The molecule has 12 aromatic rings. The Kier molecular flexibility index (Phi) is 9.06. The molecule has 0 atom stereocenters. The number of hydrogen-bond donors (Lipinski definition) is 0. The number of para-hydroxylation sites is 2. The summed E-state index contributed by atoms with van der Waals surface area (Å²) in [4.78, 5) is 2.42. The van der Waals surface area contributed by atoms with Crippen LogP contribution in [0.1, 0.15) is 0 Å². The highest BCUT2D eigenvalue weighted by Crippen LogP contribution is 2.49. The molecule has 0 aliphatic heterocycles. The first kappa shape index (κ1) is 36.8. The van der Waals surface area contributed by atoms with Crippen molar-refractivity contribution in [1.29, 1.82) is 0 Å². The van der Waals surface area contributed by atoms with Crippen LogP contribution in [0.15, 0.2) is 241 Å². The fourth-order valence-electron chi connectivity index (χ4n) is 9.34. The van der Waals surface area contributed by atoms with Gasteiger partial charge in [0.25, 0.3) is 0 Å². The Balaban J connectivity index is 1.04. The zero-order valence-corrected chi connectivity index (χ0v) is 35.1. The normalized spacial score (nSPS) is 11.5. The predicted molar refractivity (Wildman–Crippen MR) is 268 cm³/mol. The third kappa shape index (κ3) is 6.50. The van der Waals surface area contributed by atoms with E-state index in [0.717, 1.165) is 50.1 Å². The summed E-state index contributed by atoms with van der Waals surface area (Å²) in [7, 11) is 0. The number of rotatable bonds is 8. The van der Waals surface area contributed by atoms with E-state index in [1.54, 1.807) is 0 Å². The standard InChI is InChI=1S/C60H39NOS/c1-3-15-41(16-4-1)47-19-7-8-22-53(47)59-48(42-17-5-2-6-18-42)23-14-26-55(59)61(45-34-29-40(30-35-45)44-33-38-52-51-21-10-12-28-57(51)63-58(52)39-44)46-36-31-43(32-37-46)49-24-13-25-54-50-20-9-11-27-56(50)62-60(49)54/h1-39H. The first-order valence-corrected chi connectivity index (χ1v) is 22.2. The lowest BCUT2D eigenvalue weighted by Gasteiger charge is -2.30. The Morgan fingerprint density at radius 3 is 1.60 bits per heavy atom. The van der Waals surface area contributed by atoms with Crippen LogP contribution >= 0.6 is 11.3 Å². The van der Waals surface area contributed by atoms with Crippen LogP contribution in [0, 0.1) is 0 Å². The van der Waals surface area contributed by atoms with E-state index in [9.17, 15) is 0 Å². The minimum Gasteiger partial charge on any atom is -0.455 e. The lowest BCUT2D eigenvalue weighted by molar-refractivity contribution is 0.670. The number of thiophene rings is 1. The summed E-state index contributed by atoms with van der Waals surface area (Å²) >= 11 is 1.86. The zero-order valence-electron chi connectivity index (χ0n) is 34.3. The second-order valence-electron chi connectivity index (χ2n) is 16.0. The van der Waals surface area contributed by atoms with E-state index in [4.69, 9.17) is 4.42 Å². The van der Waals surface area contributed by atoms with Crippen molar-refractivity contribution in [2.24, 2.45) is 0 Å². The molecule has 63 heavy (non-hydrogen) atoms. The summed E-state index contributed by atoms with van der Waals surface area (Å²) in [6, 6.07) is 85.4. The van der Waals surface area contributed by atoms with Crippen LogP contribution in [0.4, 0.5) is 17.1 Å². The van der Waals surface area contributed by atoms with Crippen molar-refractivity contribution in [2.75, 3.05) is 4.90 Å². The van der Waals surface area contributed by atoms with Crippen LogP contribution in [0.2, 0.25) is 0 Å². The first-order valence-electron chi connectivity index (χ1n) is 21.4. The van der Waals surface area contributed by atoms with Crippen LogP contribution in [0.5, 0.6) is 0 Å². The van der Waals surface area contributed by atoms with Gasteiger partial charge in [0.05, 0.1) is 5.69 Å². The number of furan rings is 1. The van der Waals surface area contributed by atoms with Gasteiger partial charge in [0, 0.05) is 53.4 Å². The molecule has 0 saturated heterocycles. The molecule has 10 aromatic carbocycles. The third-order valence-electron chi connectivity index (χ3n) is 12.3. The van der Waals surface area contributed by atoms with Gasteiger partial charge in [0.15, 0.2) is 0 Å². The summed E-state index contributed by atoms with van der Waals surface area (Å²) in [6.45, 7) is 0. The summed E-state index contributed by atoms with van der Waals surface area (Å²) in [5, 5.41) is 4.88. The quantitative estimate of drug-likeness (QED) is 0.152. The topological polar surface area (TPSA) is 16.4 Å². The summed E-state index contributed by atoms with van der Waals surface area (Å²) in [5.41, 5.74) is 16.6. The van der Waals surface area contributed by atoms with Gasteiger partial charge in [-0.2, -0.15) is 0 Å². The molecule has 0 bridgehead atoms. The first-order chi connectivity index (χ1) is 31.2. The average molecular weight is 822 g/mol. The molecule has 0 aliphatic rings. The van der Waals surface area contributed by atoms with Crippen molar-refractivity contribution in [3.63, 3.8) is 0 Å². The molecule has 0 spiro atoms. The van der Waals surface area contributed by atoms with E-state index in [-0.39, 0.29) is 0 Å². The summed E-state index contributed by atoms with van der Waals surface area (Å²) < 4.78 is 9.12. The van der Waals surface area contributed by atoms with Crippen molar-refractivity contribution >= 4 is 70.5 Å². The summed E-state index contributed by atoms with van der Waals surface area (Å²) in [5.74, 6) is 0. The number of hydrogen-bond acceptors (Lipinski definition) is 3. The fraction of sp³-hybridized carbons (Fsp3) is 0. The van der Waals surface area contributed by atoms with Gasteiger partial charge in [-0.1, -0.05) is 188 Å². The van der Waals surface area contributed by atoms with E-state index in [2.05, 4.69) is 229 Å². The Morgan fingerprint density at radius 2 is 0.841 bits per heavy atom. The van der Waals surface area contributed by atoms with Gasteiger partial charge in [-0.3, -0.25) is 0 Å². The number of nitrogens with zero attached hydrogens (tertiary/aromatic N) is 1. The van der Waals surface area contributed by atoms with Gasteiger partial charge in [-0.05, 0) is 93.0 Å². The minimum absolute atomic E-state index is 0.900. The smallest absolute Gasteiger partial charge is 0.143 e. The van der Waals surface area contributed by atoms with Crippen molar-refractivity contribution < 1.29 is 4.42 Å². The van der Waals surface area contributed by atoms with Gasteiger partial charge >= 0.3 is 0 Å². The van der Waals surface area contributed by atoms with Gasteiger partial charge < -0.3 is 9.32 Å². The lowest BCUT2D eigenvalue weighted by atomic mass is 9.87. The molecule has 0 amide bonds. The van der Waals surface area contributed by atoms with E-state index < -0.39 is 0 Å². The maximum atomic E-state index is 6.50. The number of fused-ring (bicyclic) bond motifs is 6. The zero-order chi connectivity index (χ0) is 41.7. The Labute approximate surface area is 370 Å².